The Balaban J connectivity index is 1.98. The SMILES string of the molecule is O=C(O)/C=C/CCC1CCC1. The second kappa shape index (κ2) is 4.16. The smallest absolute Gasteiger partial charge is 0.327 e. The van der Waals surface area contributed by atoms with Crippen LogP contribution >= 0.6 is 0 Å². The predicted molar refractivity (Wildman–Crippen MR) is 43.4 cm³/mol. The van der Waals surface area contributed by atoms with Gasteiger partial charge in [-0.15, -0.1) is 0 Å². The third-order valence-corrected chi connectivity index (χ3v) is 2.23. The van der Waals surface area contributed by atoms with Gasteiger partial charge in [0.15, 0.2) is 0 Å². The number of carboxylic acids is 1. The molecule has 1 aliphatic carbocycles. The third kappa shape index (κ3) is 3.21. The van der Waals surface area contributed by atoms with Crippen LogP contribution in [0.3, 0.4) is 0 Å². The van der Waals surface area contributed by atoms with Crippen LogP contribution in [0.2, 0.25) is 0 Å². The topological polar surface area (TPSA) is 37.3 Å². The zero-order chi connectivity index (χ0) is 8.10. The first kappa shape index (κ1) is 8.31. The summed E-state index contributed by atoms with van der Waals surface area (Å²) in [4.78, 5) is 10.0. The predicted octanol–water partition coefficient (Wildman–Crippen LogP) is 2.21. The van der Waals surface area contributed by atoms with E-state index in [1.54, 1.807) is 6.08 Å². The van der Waals surface area contributed by atoms with Crippen LogP contribution in [0.1, 0.15) is 32.1 Å². The molecule has 62 valence electrons. The number of hydrogen-bond donors (Lipinski definition) is 1. The highest BCUT2D eigenvalue weighted by atomic mass is 16.4. The molecule has 1 N–H and O–H groups in total. The maximum absolute atomic E-state index is 10.0. The Labute approximate surface area is 66.9 Å². The Hall–Kier alpha value is -0.790. The van der Waals surface area contributed by atoms with Gasteiger partial charge in [0.2, 0.25) is 0 Å². The second-order valence-corrected chi connectivity index (χ2v) is 3.11. The van der Waals surface area contributed by atoms with Crippen molar-refractivity contribution in [3.8, 4) is 0 Å². The second-order valence-electron chi connectivity index (χ2n) is 3.11. The Morgan fingerprint density at radius 3 is 2.73 bits per heavy atom. The van der Waals surface area contributed by atoms with E-state index in [1.165, 1.54) is 31.8 Å². The van der Waals surface area contributed by atoms with Crippen LogP contribution in [0.5, 0.6) is 0 Å². The molecule has 1 aliphatic rings. The van der Waals surface area contributed by atoms with E-state index in [1.807, 2.05) is 0 Å². The fourth-order valence-electron chi connectivity index (χ4n) is 1.30. The molecule has 1 rings (SSSR count). The van der Waals surface area contributed by atoms with E-state index in [2.05, 4.69) is 0 Å². The van der Waals surface area contributed by atoms with Crippen molar-refractivity contribution in [2.45, 2.75) is 32.1 Å². The number of allylic oxidation sites excluding steroid dienone is 1. The van der Waals surface area contributed by atoms with E-state index in [-0.39, 0.29) is 0 Å². The standard InChI is InChI=1S/C9H14O2/c10-9(11)7-2-1-4-8-5-3-6-8/h2,7-8H,1,3-6H2,(H,10,11)/b7-2+. The molecule has 0 heterocycles. The van der Waals surface area contributed by atoms with Crippen molar-refractivity contribution >= 4 is 5.97 Å². The molecule has 0 spiro atoms. The van der Waals surface area contributed by atoms with Gasteiger partial charge in [-0.2, -0.15) is 0 Å². The van der Waals surface area contributed by atoms with Crippen molar-refractivity contribution in [3.63, 3.8) is 0 Å². The molecule has 0 atom stereocenters. The zero-order valence-corrected chi connectivity index (χ0v) is 6.62. The highest BCUT2D eigenvalue weighted by Gasteiger charge is 2.15. The lowest BCUT2D eigenvalue weighted by molar-refractivity contribution is -0.131. The largest absolute Gasteiger partial charge is 0.478 e. The summed E-state index contributed by atoms with van der Waals surface area (Å²) < 4.78 is 0. The first-order valence-electron chi connectivity index (χ1n) is 4.18. The third-order valence-electron chi connectivity index (χ3n) is 2.23. The van der Waals surface area contributed by atoms with Gasteiger partial charge in [0, 0.05) is 6.08 Å². The molecule has 11 heavy (non-hydrogen) atoms. The molecule has 0 aromatic heterocycles. The molecular formula is C9H14O2. The van der Waals surface area contributed by atoms with E-state index in [0.717, 1.165) is 12.3 Å². The molecule has 2 nitrogen and oxygen atoms in total. The summed E-state index contributed by atoms with van der Waals surface area (Å²) in [7, 11) is 0. The number of aliphatic carboxylic acids is 1. The van der Waals surface area contributed by atoms with Gasteiger partial charge in [-0.3, -0.25) is 0 Å². The lowest BCUT2D eigenvalue weighted by Crippen LogP contribution is -2.09. The summed E-state index contributed by atoms with van der Waals surface area (Å²) in [6.07, 6.45) is 9.15. The molecule has 0 aliphatic heterocycles. The first-order chi connectivity index (χ1) is 5.29. The van der Waals surface area contributed by atoms with E-state index < -0.39 is 5.97 Å². The van der Waals surface area contributed by atoms with Gasteiger partial charge in [-0.1, -0.05) is 25.3 Å². The van der Waals surface area contributed by atoms with Crippen molar-refractivity contribution in [3.05, 3.63) is 12.2 Å². The molecule has 0 unspecified atom stereocenters. The molecule has 1 saturated carbocycles. The molecule has 0 aromatic carbocycles. The Bertz CT molecular complexity index is 157. The van der Waals surface area contributed by atoms with Crippen LogP contribution in [0, 0.1) is 5.92 Å². The summed E-state index contributed by atoms with van der Waals surface area (Å²) in [5, 5.41) is 8.26. The molecule has 0 radical (unpaired) electrons. The van der Waals surface area contributed by atoms with Crippen molar-refractivity contribution in [2.24, 2.45) is 5.92 Å². The maximum Gasteiger partial charge on any atom is 0.327 e. The van der Waals surface area contributed by atoms with Crippen LogP contribution in [-0.4, -0.2) is 11.1 Å². The minimum absolute atomic E-state index is 0.835. The Morgan fingerprint density at radius 1 is 1.55 bits per heavy atom. The van der Waals surface area contributed by atoms with Gasteiger partial charge in [0.25, 0.3) is 0 Å². The molecule has 0 aromatic rings. The monoisotopic (exact) mass is 154 g/mol. The van der Waals surface area contributed by atoms with E-state index in [9.17, 15) is 4.79 Å². The molecule has 0 bridgehead atoms. The highest BCUT2D eigenvalue weighted by Crippen LogP contribution is 2.30. The van der Waals surface area contributed by atoms with Crippen molar-refractivity contribution in [1.82, 2.24) is 0 Å². The van der Waals surface area contributed by atoms with Gasteiger partial charge in [0.1, 0.15) is 0 Å². The number of hydrogen-bond acceptors (Lipinski definition) is 1. The first-order valence-corrected chi connectivity index (χ1v) is 4.18. The van der Waals surface area contributed by atoms with Gasteiger partial charge in [-0.05, 0) is 18.8 Å². The van der Waals surface area contributed by atoms with E-state index >= 15 is 0 Å². The number of rotatable bonds is 4. The molecule has 1 fully saturated rings. The minimum Gasteiger partial charge on any atom is -0.478 e. The van der Waals surface area contributed by atoms with Crippen LogP contribution < -0.4 is 0 Å². The van der Waals surface area contributed by atoms with E-state index in [0.29, 0.717) is 0 Å². The summed E-state index contributed by atoms with van der Waals surface area (Å²) in [6.45, 7) is 0. The van der Waals surface area contributed by atoms with Crippen molar-refractivity contribution in [1.29, 1.82) is 0 Å². The van der Waals surface area contributed by atoms with Crippen molar-refractivity contribution in [2.75, 3.05) is 0 Å². The van der Waals surface area contributed by atoms with Gasteiger partial charge in [0.05, 0.1) is 0 Å². The highest BCUT2D eigenvalue weighted by molar-refractivity contribution is 5.79. The molecule has 0 amide bonds. The summed E-state index contributed by atoms with van der Waals surface area (Å²) in [5.41, 5.74) is 0. The molecular weight excluding hydrogens is 140 g/mol. The molecule has 0 saturated heterocycles. The summed E-state index contributed by atoms with van der Waals surface area (Å²) in [6, 6.07) is 0. The Kier molecular flexibility index (Phi) is 3.14. The summed E-state index contributed by atoms with van der Waals surface area (Å²) in [5.74, 6) is 0.0482. The fourth-order valence-corrected chi connectivity index (χ4v) is 1.30. The van der Waals surface area contributed by atoms with Crippen LogP contribution in [0.4, 0.5) is 0 Å². The molecule has 2 heteroatoms. The lowest BCUT2D eigenvalue weighted by Gasteiger charge is -2.24. The van der Waals surface area contributed by atoms with Crippen molar-refractivity contribution < 1.29 is 9.90 Å². The average molecular weight is 154 g/mol. The summed E-state index contributed by atoms with van der Waals surface area (Å²) >= 11 is 0. The zero-order valence-electron chi connectivity index (χ0n) is 6.62. The average Bonchev–Trinajstić information content (AvgIpc) is 1.82. The maximum atomic E-state index is 10.0. The van der Waals surface area contributed by atoms with Crippen LogP contribution in [0.25, 0.3) is 0 Å². The van der Waals surface area contributed by atoms with Crippen LogP contribution in [0.15, 0.2) is 12.2 Å². The van der Waals surface area contributed by atoms with Gasteiger partial charge in [-0.25, -0.2) is 4.79 Å². The Morgan fingerprint density at radius 2 is 2.27 bits per heavy atom. The van der Waals surface area contributed by atoms with Gasteiger partial charge >= 0.3 is 5.97 Å². The number of carboxylic acid groups (broad SMARTS) is 1. The lowest BCUT2D eigenvalue weighted by atomic mass is 9.82. The van der Waals surface area contributed by atoms with Crippen LogP contribution in [-0.2, 0) is 4.79 Å². The minimum atomic E-state index is -0.835. The normalized spacial score (nSPS) is 18.5. The quantitative estimate of drug-likeness (QED) is 0.630. The van der Waals surface area contributed by atoms with Gasteiger partial charge < -0.3 is 5.11 Å². The van der Waals surface area contributed by atoms with E-state index in [4.69, 9.17) is 5.11 Å². The fraction of sp³-hybridized carbons (Fsp3) is 0.667. The number of carbonyl (C=O) groups is 1.